The number of hydrogen-bond acceptors (Lipinski definition) is 5. The number of nitrogens with one attached hydrogen (secondary N) is 1. The first-order valence-electron chi connectivity index (χ1n) is 8.82. The van der Waals surface area contributed by atoms with E-state index in [1.54, 1.807) is 12.1 Å². The van der Waals surface area contributed by atoms with Gasteiger partial charge in [0.15, 0.2) is 0 Å². The van der Waals surface area contributed by atoms with E-state index in [4.69, 9.17) is 11.6 Å². The average molecular weight is 413 g/mol. The summed E-state index contributed by atoms with van der Waals surface area (Å²) in [6.07, 6.45) is 2.14. The van der Waals surface area contributed by atoms with Crippen LogP contribution in [0.25, 0.3) is 11.3 Å². The molecule has 28 heavy (non-hydrogen) atoms. The zero-order valence-electron chi connectivity index (χ0n) is 15.1. The number of halogens is 1. The summed E-state index contributed by atoms with van der Waals surface area (Å²) in [5, 5.41) is 3.09. The molecule has 1 aromatic heterocycles. The Morgan fingerprint density at radius 1 is 1.18 bits per heavy atom. The summed E-state index contributed by atoms with van der Waals surface area (Å²) >= 11 is 7.36. The van der Waals surface area contributed by atoms with Crippen molar-refractivity contribution in [3.63, 3.8) is 0 Å². The van der Waals surface area contributed by atoms with E-state index >= 15 is 0 Å². The topological polar surface area (TPSA) is 68.3 Å². The molecule has 1 N–H and O–H groups in total. The third kappa shape index (κ3) is 3.66. The molecule has 1 heterocycles. The standard InChI is InChI=1S/C21H17ClN2O3S/c1-27-21(26)15-10-9-14(11-16(15)22)23-20(25)19-17(12-7-8-12)18(24-28-19)13-5-3-2-4-6-13/h2-6,9-12H,7-8H2,1H3,(H,23,25). The Labute approximate surface area is 171 Å². The summed E-state index contributed by atoms with van der Waals surface area (Å²) < 4.78 is 9.25. The number of carbonyl (C=O) groups excluding carboxylic acids is 2. The third-order valence-electron chi connectivity index (χ3n) is 4.60. The van der Waals surface area contributed by atoms with Gasteiger partial charge in [-0.2, -0.15) is 4.37 Å². The van der Waals surface area contributed by atoms with Crippen LogP contribution in [0, 0.1) is 0 Å². The highest BCUT2D eigenvalue weighted by Crippen LogP contribution is 2.47. The molecule has 0 bridgehead atoms. The Morgan fingerprint density at radius 2 is 1.93 bits per heavy atom. The van der Waals surface area contributed by atoms with Gasteiger partial charge in [-0.15, -0.1) is 0 Å². The van der Waals surface area contributed by atoms with E-state index in [0.29, 0.717) is 16.5 Å². The molecule has 142 valence electrons. The lowest BCUT2D eigenvalue weighted by Crippen LogP contribution is -2.12. The Kier molecular flexibility index (Phi) is 5.15. The molecule has 0 aliphatic heterocycles. The molecular weight excluding hydrogens is 396 g/mol. The normalized spacial score (nSPS) is 13.2. The Bertz CT molecular complexity index is 1050. The number of methoxy groups -OCH3 is 1. The predicted octanol–water partition coefficient (Wildman–Crippen LogP) is 5.38. The SMILES string of the molecule is COC(=O)c1ccc(NC(=O)c2snc(-c3ccccc3)c2C2CC2)cc1Cl. The fourth-order valence-corrected chi connectivity index (χ4v) is 4.21. The summed E-state index contributed by atoms with van der Waals surface area (Å²) in [6, 6.07) is 14.6. The van der Waals surface area contributed by atoms with Crippen LogP contribution in [0.5, 0.6) is 0 Å². The summed E-state index contributed by atoms with van der Waals surface area (Å²) in [4.78, 5) is 25.2. The molecule has 7 heteroatoms. The Hall–Kier alpha value is -2.70. The molecular formula is C21H17ClN2O3S. The highest BCUT2D eigenvalue weighted by molar-refractivity contribution is 7.08. The summed E-state index contributed by atoms with van der Waals surface area (Å²) in [5.74, 6) is -0.364. The monoisotopic (exact) mass is 412 g/mol. The molecule has 2 aromatic carbocycles. The fourth-order valence-electron chi connectivity index (χ4n) is 3.07. The second-order valence-corrected chi connectivity index (χ2v) is 7.74. The van der Waals surface area contributed by atoms with Gasteiger partial charge in [0, 0.05) is 16.8 Å². The zero-order chi connectivity index (χ0) is 19.7. The lowest BCUT2D eigenvalue weighted by molar-refractivity contribution is 0.0601. The summed E-state index contributed by atoms with van der Waals surface area (Å²) in [7, 11) is 1.29. The predicted molar refractivity (Wildman–Crippen MR) is 110 cm³/mol. The van der Waals surface area contributed by atoms with E-state index in [0.717, 1.165) is 29.7 Å². The van der Waals surface area contributed by atoms with Crippen LogP contribution >= 0.6 is 23.1 Å². The van der Waals surface area contributed by atoms with Gasteiger partial charge in [-0.1, -0.05) is 41.9 Å². The van der Waals surface area contributed by atoms with Crippen molar-refractivity contribution in [1.82, 2.24) is 4.37 Å². The van der Waals surface area contributed by atoms with Gasteiger partial charge in [-0.3, -0.25) is 4.79 Å². The largest absolute Gasteiger partial charge is 0.465 e. The van der Waals surface area contributed by atoms with Crippen molar-refractivity contribution >= 4 is 40.7 Å². The quantitative estimate of drug-likeness (QED) is 0.571. The molecule has 1 saturated carbocycles. The van der Waals surface area contributed by atoms with E-state index in [9.17, 15) is 9.59 Å². The Morgan fingerprint density at radius 3 is 2.57 bits per heavy atom. The minimum absolute atomic E-state index is 0.219. The fraction of sp³-hybridized carbons (Fsp3) is 0.190. The first-order valence-corrected chi connectivity index (χ1v) is 9.98. The number of aromatic nitrogens is 1. The minimum atomic E-state index is -0.520. The number of anilines is 1. The van der Waals surface area contributed by atoms with E-state index < -0.39 is 5.97 Å². The number of benzene rings is 2. The highest BCUT2D eigenvalue weighted by Gasteiger charge is 2.33. The van der Waals surface area contributed by atoms with Gasteiger partial charge in [0.25, 0.3) is 5.91 Å². The van der Waals surface area contributed by atoms with Crippen LogP contribution in [-0.4, -0.2) is 23.4 Å². The summed E-state index contributed by atoms with van der Waals surface area (Å²) in [5.41, 5.74) is 3.69. The molecule has 5 nitrogen and oxygen atoms in total. The first kappa shape index (κ1) is 18.7. The minimum Gasteiger partial charge on any atom is -0.465 e. The van der Waals surface area contributed by atoms with Crippen molar-refractivity contribution in [2.75, 3.05) is 12.4 Å². The van der Waals surface area contributed by atoms with Gasteiger partial charge in [0.1, 0.15) is 4.88 Å². The first-order chi connectivity index (χ1) is 13.6. The second-order valence-electron chi connectivity index (χ2n) is 6.55. The van der Waals surface area contributed by atoms with E-state index in [-0.39, 0.29) is 16.5 Å². The van der Waals surface area contributed by atoms with Crippen LogP contribution < -0.4 is 5.32 Å². The number of esters is 1. The van der Waals surface area contributed by atoms with E-state index in [1.165, 1.54) is 24.7 Å². The average Bonchev–Trinajstić information content (AvgIpc) is 3.45. The molecule has 1 aliphatic carbocycles. The molecule has 3 aromatic rings. The van der Waals surface area contributed by atoms with Crippen LogP contribution in [0.2, 0.25) is 5.02 Å². The van der Waals surface area contributed by atoms with Crippen LogP contribution in [-0.2, 0) is 4.74 Å². The van der Waals surface area contributed by atoms with E-state index in [2.05, 4.69) is 14.4 Å². The zero-order valence-corrected chi connectivity index (χ0v) is 16.6. The number of hydrogen-bond donors (Lipinski definition) is 1. The molecule has 0 radical (unpaired) electrons. The van der Waals surface area contributed by atoms with Crippen LogP contribution in [0.15, 0.2) is 48.5 Å². The van der Waals surface area contributed by atoms with Crippen molar-refractivity contribution in [3.05, 3.63) is 69.6 Å². The van der Waals surface area contributed by atoms with Gasteiger partial charge < -0.3 is 10.1 Å². The number of ether oxygens (including phenoxy) is 1. The van der Waals surface area contributed by atoms with Crippen molar-refractivity contribution in [1.29, 1.82) is 0 Å². The summed E-state index contributed by atoms with van der Waals surface area (Å²) in [6.45, 7) is 0. The number of nitrogens with zero attached hydrogens (tertiary/aromatic N) is 1. The van der Waals surface area contributed by atoms with Crippen molar-refractivity contribution in [2.45, 2.75) is 18.8 Å². The molecule has 0 saturated heterocycles. The second kappa shape index (κ2) is 7.73. The van der Waals surface area contributed by atoms with Crippen molar-refractivity contribution in [2.24, 2.45) is 0 Å². The van der Waals surface area contributed by atoms with Crippen LogP contribution in [0.3, 0.4) is 0 Å². The molecule has 0 unspecified atom stereocenters. The van der Waals surface area contributed by atoms with Gasteiger partial charge in [0.05, 0.1) is 23.4 Å². The lowest BCUT2D eigenvalue weighted by Gasteiger charge is -2.08. The van der Waals surface area contributed by atoms with Gasteiger partial charge in [-0.05, 0) is 48.5 Å². The molecule has 0 atom stereocenters. The maximum atomic E-state index is 12.9. The molecule has 1 amide bonds. The van der Waals surface area contributed by atoms with Gasteiger partial charge >= 0.3 is 5.97 Å². The van der Waals surface area contributed by atoms with Crippen molar-refractivity contribution < 1.29 is 14.3 Å². The van der Waals surface area contributed by atoms with E-state index in [1.807, 2.05) is 30.3 Å². The van der Waals surface area contributed by atoms with Crippen LogP contribution in [0.1, 0.15) is 44.4 Å². The molecule has 4 rings (SSSR count). The number of amides is 1. The number of rotatable bonds is 5. The van der Waals surface area contributed by atoms with Crippen LogP contribution in [0.4, 0.5) is 5.69 Å². The highest BCUT2D eigenvalue weighted by atomic mass is 35.5. The third-order valence-corrected chi connectivity index (χ3v) is 5.77. The smallest absolute Gasteiger partial charge is 0.339 e. The maximum Gasteiger partial charge on any atom is 0.339 e. The molecule has 1 fully saturated rings. The maximum absolute atomic E-state index is 12.9. The van der Waals surface area contributed by atoms with Crippen molar-refractivity contribution in [3.8, 4) is 11.3 Å². The lowest BCUT2D eigenvalue weighted by atomic mass is 10.0. The van der Waals surface area contributed by atoms with Gasteiger partial charge in [0.2, 0.25) is 0 Å². The molecule has 0 spiro atoms. The number of carbonyl (C=O) groups is 2. The van der Waals surface area contributed by atoms with Gasteiger partial charge in [-0.25, -0.2) is 4.79 Å². The molecule has 1 aliphatic rings. The Balaban J connectivity index is 1.62.